The maximum Gasteiger partial charge on any atom is 0.271 e. The summed E-state index contributed by atoms with van der Waals surface area (Å²) in [6.45, 7) is 3.02. The Hall–Kier alpha value is -2.80. The van der Waals surface area contributed by atoms with Crippen LogP contribution in [0.4, 0.5) is 0 Å². The van der Waals surface area contributed by atoms with Gasteiger partial charge in [-0.2, -0.15) is 10.2 Å². The second-order valence-electron chi connectivity index (χ2n) is 5.84. The van der Waals surface area contributed by atoms with Crippen LogP contribution in [0.25, 0.3) is 11.3 Å². The molecule has 3 rings (SSSR count). The van der Waals surface area contributed by atoms with Gasteiger partial charge in [-0.05, 0) is 25.1 Å². The summed E-state index contributed by atoms with van der Waals surface area (Å²) in [6, 6.07) is 9.23. The number of halogens is 1. The number of carbonyl (C=O) groups is 1. The quantitative estimate of drug-likeness (QED) is 0.719. The highest BCUT2D eigenvalue weighted by Crippen LogP contribution is 2.23. The standard InChI is InChI=1S/C18H20ClN5O2/c1-4-24-10-14(19)17(22-24)11-23(2)18(25)16-9-15(20-21-16)12-6-5-7-13(8-12)26-3/h5-10H,4,11H2,1-3H3,(H,20,21). The summed E-state index contributed by atoms with van der Waals surface area (Å²) in [5.41, 5.74) is 2.61. The molecular weight excluding hydrogens is 354 g/mol. The summed E-state index contributed by atoms with van der Waals surface area (Å²) in [5.74, 6) is 0.547. The predicted octanol–water partition coefficient (Wildman–Crippen LogP) is 3.23. The average Bonchev–Trinajstić information content (AvgIpc) is 3.28. The topological polar surface area (TPSA) is 76.0 Å². The van der Waals surface area contributed by atoms with Crippen LogP contribution in [0.2, 0.25) is 5.02 Å². The van der Waals surface area contributed by atoms with Crippen molar-refractivity contribution in [3.8, 4) is 17.0 Å². The van der Waals surface area contributed by atoms with E-state index >= 15 is 0 Å². The third-order valence-corrected chi connectivity index (χ3v) is 4.33. The van der Waals surface area contributed by atoms with Crippen LogP contribution in [-0.2, 0) is 13.1 Å². The van der Waals surface area contributed by atoms with Gasteiger partial charge in [0.2, 0.25) is 0 Å². The number of methoxy groups -OCH3 is 1. The Morgan fingerprint density at radius 1 is 1.38 bits per heavy atom. The van der Waals surface area contributed by atoms with E-state index in [0.717, 1.165) is 17.9 Å². The Balaban J connectivity index is 1.75. The zero-order valence-electron chi connectivity index (χ0n) is 14.9. The van der Waals surface area contributed by atoms with Gasteiger partial charge in [0.1, 0.15) is 17.1 Å². The van der Waals surface area contributed by atoms with E-state index in [-0.39, 0.29) is 5.91 Å². The molecular formula is C18H20ClN5O2. The number of nitrogens with one attached hydrogen (secondary N) is 1. The Morgan fingerprint density at radius 2 is 2.19 bits per heavy atom. The van der Waals surface area contributed by atoms with Crippen molar-refractivity contribution in [3.63, 3.8) is 0 Å². The lowest BCUT2D eigenvalue weighted by Crippen LogP contribution is -2.27. The first kappa shape index (κ1) is 18.0. The highest BCUT2D eigenvalue weighted by atomic mass is 35.5. The number of rotatable bonds is 6. The lowest BCUT2D eigenvalue weighted by Gasteiger charge is -2.14. The van der Waals surface area contributed by atoms with E-state index < -0.39 is 0 Å². The molecule has 0 bridgehead atoms. The molecule has 0 spiro atoms. The lowest BCUT2D eigenvalue weighted by atomic mass is 10.1. The minimum atomic E-state index is -0.186. The third-order valence-electron chi connectivity index (χ3n) is 4.02. The molecule has 136 valence electrons. The molecule has 8 heteroatoms. The van der Waals surface area contributed by atoms with Crippen molar-refractivity contribution in [2.75, 3.05) is 14.2 Å². The first-order chi connectivity index (χ1) is 12.5. The van der Waals surface area contributed by atoms with Crippen molar-refractivity contribution < 1.29 is 9.53 Å². The predicted molar refractivity (Wildman–Crippen MR) is 99.3 cm³/mol. The summed E-state index contributed by atoms with van der Waals surface area (Å²) in [7, 11) is 3.31. The van der Waals surface area contributed by atoms with E-state index in [0.29, 0.717) is 28.6 Å². The molecule has 0 fully saturated rings. The Kier molecular flexibility index (Phi) is 5.27. The number of ether oxygens (including phenoxy) is 1. The molecule has 2 aromatic heterocycles. The Labute approximate surface area is 156 Å². The number of aromatic amines is 1. The van der Waals surface area contributed by atoms with Crippen molar-refractivity contribution in [2.45, 2.75) is 20.0 Å². The highest BCUT2D eigenvalue weighted by Gasteiger charge is 2.18. The van der Waals surface area contributed by atoms with E-state index in [1.165, 1.54) is 0 Å². The second kappa shape index (κ2) is 7.61. The van der Waals surface area contributed by atoms with Gasteiger partial charge in [-0.25, -0.2) is 0 Å². The zero-order chi connectivity index (χ0) is 18.7. The van der Waals surface area contributed by atoms with Gasteiger partial charge >= 0.3 is 0 Å². The number of H-pyrrole nitrogens is 1. The van der Waals surface area contributed by atoms with Gasteiger partial charge in [-0.15, -0.1) is 0 Å². The van der Waals surface area contributed by atoms with E-state index in [1.54, 1.807) is 36.0 Å². The Morgan fingerprint density at radius 3 is 2.88 bits per heavy atom. The summed E-state index contributed by atoms with van der Waals surface area (Å²) < 4.78 is 6.97. The number of carbonyl (C=O) groups excluding carboxylic acids is 1. The van der Waals surface area contributed by atoms with Crippen LogP contribution in [0.1, 0.15) is 23.1 Å². The number of hydrogen-bond donors (Lipinski definition) is 1. The lowest BCUT2D eigenvalue weighted by molar-refractivity contribution is 0.0777. The van der Waals surface area contributed by atoms with Gasteiger partial charge in [0.15, 0.2) is 0 Å². The normalized spacial score (nSPS) is 10.8. The fourth-order valence-electron chi connectivity index (χ4n) is 2.57. The summed E-state index contributed by atoms with van der Waals surface area (Å²) in [4.78, 5) is 14.2. The van der Waals surface area contributed by atoms with Crippen LogP contribution < -0.4 is 4.74 Å². The van der Waals surface area contributed by atoms with Crippen molar-refractivity contribution in [1.29, 1.82) is 0 Å². The average molecular weight is 374 g/mol. The fraction of sp³-hybridized carbons (Fsp3) is 0.278. The molecule has 0 aliphatic heterocycles. The van der Waals surface area contributed by atoms with E-state index in [9.17, 15) is 4.79 Å². The molecule has 0 saturated heterocycles. The zero-order valence-corrected chi connectivity index (χ0v) is 15.6. The number of benzene rings is 1. The number of nitrogens with zero attached hydrogens (tertiary/aromatic N) is 4. The number of hydrogen-bond acceptors (Lipinski definition) is 4. The smallest absolute Gasteiger partial charge is 0.271 e. The van der Waals surface area contributed by atoms with E-state index in [2.05, 4.69) is 15.3 Å². The third kappa shape index (κ3) is 3.72. The number of amides is 1. The highest BCUT2D eigenvalue weighted by molar-refractivity contribution is 6.31. The van der Waals surface area contributed by atoms with E-state index in [1.807, 2.05) is 31.2 Å². The van der Waals surface area contributed by atoms with Crippen molar-refractivity contribution in [3.05, 3.63) is 52.9 Å². The second-order valence-corrected chi connectivity index (χ2v) is 6.25. The molecule has 0 atom stereocenters. The molecule has 3 aromatic rings. The van der Waals surface area contributed by atoms with E-state index in [4.69, 9.17) is 16.3 Å². The molecule has 0 saturated carbocycles. The van der Waals surface area contributed by atoms with Crippen LogP contribution in [-0.4, -0.2) is 44.9 Å². The van der Waals surface area contributed by atoms with Crippen LogP contribution in [0.3, 0.4) is 0 Å². The molecule has 1 amide bonds. The molecule has 0 aliphatic rings. The number of aryl methyl sites for hydroxylation is 1. The molecule has 0 radical (unpaired) electrons. The van der Waals surface area contributed by atoms with Crippen LogP contribution in [0, 0.1) is 0 Å². The summed E-state index contributed by atoms with van der Waals surface area (Å²) >= 11 is 6.18. The fourth-order valence-corrected chi connectivity index (χ4v) is 2.78. The van der Waals surface area contributed by atoms with Gasteiger partial charge in [-0.3, -0.25) is 14.6 Å². The van der Waals surface area contributed by atoms with Gasteiger partial charge in [-0.1, -0.05) is 23.7 Å². The molecule has 26 heavy (non-hydrogen) atoms. The minimum Gasteiger partial charge on any atom is -0.497 e. The molecule has 0 unspecified atom stereocenters. The van der Waals surface area contributed by atoms with Gasteiger partial charge in [0.05, 0.1) is 24.4 Å². The van der Waals surface area contributed by atoms with Crippen molar-refractivity contribution >= 4 is 17.5 Å². The molecule has 0 aliphatic carbocycles. The maximum absolute atomic E-state index is 12.7. The van der Waals surface area contributed by atoms with Gasteiger partial charge in [0, 0.05) is 25.4 Å². The van der Waals surface area contributed by atoms with Crippen LogP contribution >= 0.6 is 11.6 Å². The summed E-state index contributed by atoms with van der Waals surface area (Å²) in [6.07, 6.45) is 1.76. The van der Waals surface area contributed by atoms with Gasteiger partial charge in [0.25, 0.3) is 5.91 Å². The van der Waals surface area contributed by atoms with Crippen LogP contribution in [0.15, 0.2) is 36.5 Å². The molecule has 1 N–H and O–H groups in total. The summed E-state index contributed by atoms with van der Waals surface area (Å²) in [5, 5.41) is 11.9. The first-order valence-electron chi connectivity index (χ1n) is 8.19. The molecule has 2 heterocycles. The maximum atomic E-state index is 12.7. The van der Waals surface area contributed by atoms with Crippen LogP contribution in [0.5, 0.6) is 5.75 Å². The largest absolute Gasteiger partial charge is 0.497 e. The molecule has 7 nitrogen and oxygen atoms in total. The first-order valence-corrected chi connectivity index (χ1v) is 8.56. The Bertz CT molecular complexity index is 918. The van der Waals surface area contributed by atoms with Gasteiger partial charge < -0.3 is 9.64 Å². The molecule has 1 aromatic carbocycles. The minimum absolute atomic E-state index is 0.186. The van der Waals surface area contributed by atoms with Crippen molar-refractivity contribution in [2.24, 2.45) is 0 Å². The number of aromatic nitrogens is 4. The van der Waals surface area contributed by atoms with Crippen molar-refractivity contribution in [1.82, 2.24) is 24.9 Å². The monoisotopic (exact) mass is 373 g/mol. The SMILES string of the molecule is CCn1cc(Cl)c(CN(C)C(=O)c2cc(-c3cccc(OC)c3)n[nH]2)n1.